The maximum absolute atomic E-state index is 11.3. The summed E-state index contributed by atoms with van der Waals surface area (Å²) in [6.07, 6.45) is 1.79. The van der Waals surface area contributed by atoms with Gasteiger partial charge in [-0.2, -0.15) is 0 Å². The van der Waals surface area contributed by atoms with E-state index in [0.29, 0.717) is 5.65 Å². The Bertz CT molecular complexity index is 863. The van der Waals surface area contributed by atoms with Crippen molar-refractivity contribution in [3.05, 3.63) is 58.9 Å². The van der Waals surface area contributed by atoms with Crippen molar-refractivity contribution in [1.82, 2.24) is 9.38 Å². The predicted octanol–water partition coefficient (Wildman–Crippen LogP) is 3.62. The van der Waals surface area contributed by atoms with E-state index < -0.39 is 5.97 Å². The minimum absolute atomic E-state index is 0.215. The van der Waals surface area contributed by atoms with Crippen molar-refractivity contribution in [1.29, 1.82) is 0 Å². The van der Waals surface area contributed by atoms with Crippen LogP contribution in [0.1, 0.15) is 27.2 Å². The number of benzene rings is 1. The number of carboxylic acids is 1. The summed E-state index contributed by atoms with van der Waals surface area (Å²) in [4.78, 5) is 15.8. The summed E-state index contributed by atoms with van der Waals surface area (Å²) < 4.78 is 1.62. The number of hydrogen-bond donors (Lipinski definition) is 1. The van der Waals surface area contributed by atoms with Crippen LogP contribution in [0.25, 0.3) is 16.9 Å². The highest BCUT2D eigenvalue weighted by Crippen LogP contribution is 2.26. The SMILES string of the molecule is Cc1cc(C)c(-c2cn3c(C(=O)O)cccc3n2)cc1C. The smallest absolute Gasteiger partial charge is 0.352 e. The summed E-state index contributed by atoms with van der Waals surface area (Å²) in [6.45, 7) is 6.19. The third kappa shape index (κ3) is 2.18. The molecule has 2 heterocycles. The van der Waals surface area contributed by atoms with Gasteiger partial charge in [0, 0.05) is 11.8 Å². The van der Waals surface area contributed by atoms with E-state index in [1.165, 1.54) is 11.1 Å². The Labute approximate surface area is 122 Å². The number of carbonyl (C=O) groups is 1. The van der Waals surface area contributed by atoms with Gasteiger partial charge in [0.1, 0.15) is 11.3 Å². The van der Waals surface area contributed by atoms with Gasteiger partial charge in [0.05, 0.1) is 5.69 Å². The van der Waals surface area contributed by atoms with Gasteiger partial charge in [0.25, 0.3) is 0 Å². The number of nitrogens with zero attached hydrogens (tertiary/aromatic N) is 2. The highest BCUT2D eigenvalue weighted by Gasteiger charge is 2.13. The monoisotopic (exact) mass is 280 g/mol. The number of aromatic carboxylic acids is 1. The molecule has 106 valence electrons. The molecular formula is C17H16N2O2. The van der Waals surface area contributed by atoms with E-state index in [-0.39, 0.29) is 5.69 Å². The number of fused-ring (bicyclic) bond motifs is 1. The van der Waals surface area contributed by atoms with Crippen LogP contribution in [0, 0.1) is 20.8 Å². The first-order valence-corrected chi connectivity index (χ1v) is 6.77. The van der Waals surface area contributed by atoms with Crippen molar-refractivity contribution in [3.63, 3.8) is 0 Å². The normalized spacial score (nSPS) is 11.0. The first-order chi connectivity index (χ1) is 9.97. The van der Waals surface area contributed by atoms with Crippen molar-refractivity contribution < 1.29 is 9.90 Å². The molecule has 21 heavy (non-hydrogen) atoms. The summed E-state index contributed by atoms with van der Waals surface area (Å²) in [5.74, 6) is -0.957. The van der Waals surface area contributed by atoms with E-state index >= 15 is 0 Å². The summed E-state index contributed by atoms with van der Waals surface area (Å²) >= 11 is 0. The molecule has 1 N–H and O–H groups in total. The van der Waals surface area contributed by atoms with Crippen LogP contribution in [0.4, 0.5) is 0 Å². The zero-order chi connectivity index (χ0) is 15.1. The number of imidazole rings is 1. The third-order valence-corrected chi connectivity index (χ3v) is 3.83. The molecule has 0 aliphatic heterocycles. The van der Waals surface area contributed by atoms with Crippen LogP contribution in [0.15, 0.2) is 36.5 Å². The number of carboxylic acid groups (broad SMARTS) is 1. The maximum Gasteiger partial charge on any atom is 0.352 e. The molecule has 0 amide bonds. The zero-order valence-electron chi connectivity index (χ0n) is 12.2. The minimum atomic E-state index is -0.957. The summed E-state index contributed by atoms with van der Waals surface area (Å²) in [7, 11) is 0. The Morgan fingerprint density at radius 1 is 1.10 bits per heavy atom. The lowest BCUT2D eigenvalue weighted by Gasteiger charge is -2.07. The van der Waals surface area contributed by atoms with Gasteiger partial charge in [-0.1, -0.05) is 12.1 Å². The number of hydrogen-bond acceptors (Lipinski definition) is 2. The molecule has 1 aromatic carbocycles. The number of aromatic nitrogens is 2. The van der Waals surface area contributed by atoms with Crippen molar-refractivity contribution in [2.24, 2.45) is 0 Å². The molecular weight excluding hydrogens is 264 g/mol. The lowest BCUT2D eigenvalue weighted by Crippen LogP contribution is -2.03. The molecule has 0 bridgehead atoms. The molecule has 2 aromatic heterocycles. The Kier molecular flexibility index (Phi) is 3.01. The van der Waals surface area contributed by atoms with Crippen LogP contribution in [0.2, 0.25) is 0 Å². The van der Waals surface area contributed by atoms with E-state index in [0.717, 1.165) is 16.8 Å². The molecule has 3 rings (SSSR count). The van der Waals surface area contributed by atoms with Gasteiger partial charge in [-0.05, 0) is 55.7 Å². The van der Waals surface area contributed by atoms with Gasteiger partial charge in [0.2, 0.25) is 0 Å². The highest BCUT2D eigenvalue weighted by molar-refractivity contribution is 5.87. The molecule has 3 aromatic rings. The van der Waals surface area contributed by atoms with Crippen LogP contribution < -0.4 is 0 Å². The van der Waals surface area contributed by atoms with Gasteiger partial charge in [-0.3, -0.25) is 4.40 Å². The Morgan fingerprint density at radius 3 is 2.52 bits per heavy atom. The molecule has 0 unspecified atom stereocenters. The standard InChI is InChI=1S/C17H16N2O2/c1-10-7-12(3)13(8-11(10)2)14-9-19-15(17(20)21)5-4-6-16(19)18-14/h4-9H,1-3H3,(H,20,21). The van der Waals surface area contributed by atoms with Crippen LogP contribution in [0.5, 0.6) is 0 Å². The number of rotatable bonds is 2. The van der Waals surface area contributed by atoms with Crippen LogP contribution >= 0.6 is 0 Å². The molecule has 0 saturated carbocycles. The topological polar surface area (TPSA) is 54.6 Å². The molecule has 0 atom stereocenters. The van der Waals surface area contributed by atoms with Gasteiger partial charge in [-0.25, -0.2) is 9.78 Å². The van der Waals surface area contributed by atoms with E-state index in [1.54, 1.807) is 22.7 Å². The fraction of sp³-hybridized carbons (Fsp3) is 0.176. The fourth-order valence-corrected chi connectivity index (χ4v) is 2.55. The zero-order valence-corrected chi connectivity index (χ0v) is 12.2. The van der Waals surface area contributed by atoms with Crippen molar-refractivity contribution in [2.45, 2.75) is 20.8 Å². The highest BCUT2D eigenvalue weighted by atomic mass is 16.4. The summed E-state index contributed by atoms with van der Waals surface area (Å²) in [5.41, 5.74) is 6.27. The second kappa shape index (κ2) is 4.74. The molecule has 0 saturated heterocycles. The fourth-order valence-electron chi connectivity index (χ4n) is 2.55. The van der Waals surface area contributed by atoms with Gasteiger partial charge < -0.3 is 5.11 Å². The second-order valence-corrected chi connectivity index (χ2v) is 5.32. The van der Waals surface area contributed by atoms with E-state index in [1.807, 2.05) is 13.0 Å². The van der Waals surface area contributed by atoms with Crippen LogP contribution in [0.3, 0.4) is 0 Å². The molecule has 0 aliphatic carbocycles. The quantitative estimate of drug-likeness (QED) is 0.780. The van der Waals surface area contributed by atoms with Crippen molar-refractivity contribution >= 4 is 11.6 Å². The van der Waals surface area contributed by atoms with Crippen molar-refractivity contribution in [3.8, 4) is 11.3 Å². The first kappa shape index (κ1) is 13.4. The van der Waals surface area contributed by atoms with Gasteiger partial charge in [-0.15, -0.1) is 0 Å². The van der Waals surface area contributed by atoms with E-state index in [2.05, 4.69) is 31.0 Å². The Morgan fingerprint density at radius 2 is 1.81 bits per heavy atom. The predicted molar refractivity (Wildman–Crippen MR) is 81.8 cm³/mol. The summed E-state index contributed by atoms with van der Waals surface area (Å²) in [6, 6.07) is 9.34. The van der Waals surface area contributed by atoms with Crippen molar-refractivity contribution in [2.75, 3.05) is 0 Å². The average Bonchev–Trinajstić information content (AvgIpc) is 2.85. The average molecular weight is 280 g/mol. The summed E-state index contributed by atoms with van der Waals surface area (Å²) in [5, 5.41) is 9.25. The maximum atomic E-state index is 11.3. The molecule has 4 nitrogen and oxygen atoms in total. The molecule has 4 heteroatoms. The molecule has 0 aliphatic rings. The molecule has 0 fully saturated rings. The first-order valence-electron chi connectivity index (χ1n) is 6.77. The largest absolute Gasteiger partial charge is 0.477 e. The molecule has 0 spiro atoms. The lowest BCUT2D eigenvalue weighted by atomic mass is 9.99. The van der Waals surface area contributed by atoms with E-state index in [9.17, 15) is 9.90 Å². The van der Waals surface area contributed by atoms with Crippen LogP contribution in [-0.4, -0.2) is 20.5 Å². The number of aryl methyl sites for hydroxylation is 3. The lowest BCUT2D eigenvalue weighted by molar-refractivity contribution is 0.0689. The Hall–Kier alpha value is -2.62. The Balaban J connectivity index is 2.25. The van der Waals surface area contributed by atoms with Crippen LogP contribution in [-0.2, 0) is 0 Å². The number of pyridine rings is 1. The third-order valence-electron chi connectivity index (χ3n) is 3.83. The minimum Gasteiger partial charge on any atom is -0.477 e. The van der Waals surface area contributed by atoms with Gasteiger partial charge >= 0.3 is 5.97 Å². The molecule has 0 radical (unpaired) electrons. The van der Waals surface area contributed by atoms with E-state index in [4.69, 9.17) is 0 Å². The second-order valence-electron chi connectivity index (χ2n) is 5.32. The van der Waals surface area contributed by atoms with Gasteiger partial charge in [0.15, 0.2) is 0 Å².